The van der Waals surface area contributed by atoms with E-state index in [-0.39, 0.29) is 24.2 Å². The summed E-state index contributed by atoms with van der Waals surface area (Å²) in [5.74, 6) is -0.906. The first-order chi connectivity index (χ1) is 14.0. The van der Waals surface area contributed by atoms with E-state index in [1.807, 2.05) is 0 Å². The molecule has 0 fully saturated rings. The highest BCUT2D eigenvalue weighted by atomic mass is 19.1. The van der Waals surface area contributed by atoms with Crippen LogP contribution < -0.4 is 5.32 Å². The third-order valence-corrected chi connectivity index (χ3v) is 5.15. The summed E-state index contributed by atoms with van der Waals surface area (Å²) in [6.07, 6.45) is 6.11. The Bertz CT molecular complexity index is 1030. The van der Waals surface area contributed by atoms with Crippen molar-refractivity contribution in [3.05, 3.63) is 66.2 Å². The number of halogens is 1. The molecule has 2 aliphatic rings. The molecular weight excluding hydrogens is 373 g/mol. The van der Waals surface area contributed by atoms with Crippen LogP contribution in [0.2, 0.25) is 0 Å². The van der Waals surface area contributed by atoms with E-state index in [4.69, 9.17) is 0 Å². The molecule has 0 atom stereocenters. The number of amides is 2. The smallest absolute Gasteiger partial charge is 0.274 e. The van der Waals surface area contributed by atoms with Gasteiger partial charge in [0.1, 0.15) is 17.3 Å². The van der Waals surface area contributed by atoms with Crippen LogP contribution in [0, 0.1) is 5.82 Å². The molecule has 0 aliphatic carbocycles. The third kappa shape index (κ3) is 3.49. The normalized spacial score (nSPS) is 16.3. The van der Waals surface area contributed by atoms with Gasteiger partial charge in [-0.15, -0.1) is 0 Å². The topological polar surface area (TPSA) is 78.4 Å². The van der Waals surface area contributed by atoms with Crippen LogP contribution in [0.3, 0.4) is 0 Å². The van der Waals surface area contributed by atoms with Gasteiger partial charge >= 0.3 is 0 Å². The van der Waals surface area contributed by atoms with Gasteiger partial charge in [0, 0.05) is 60.6 Å². The first-order valence-corrected chi connectivity index (χ1v) is 9.27. The maximum Gasteiger partial charge on any atom is 0.274 e. The molecule has 4 heterocycles. The van der Waals surface area contributed by atoms with Crippen LogP contribution in [0.5, 0.6) is 0 Å². The van der Waals surface area contributed by atoms with E-state index in [1.54, 1.807) is 36.5 Å². The predicted octanol–water partition coefficient (Wildman–Crippen LogP) is 2.56. The summed E-state index contributed by atoms with van der Waals surface area (Å²) in [7, 11) is 1.68. The number of nitrogens with zero attached hydrogens (tertiary/aromatic N) is 4. The molecular formula is C21H20FN5O2. The van der Waals surface area contributed by atoms with Gasteiger partial charge < -0.3 is 15.1 Å². The number of aromatic nitrogens is 2. The molecule has 1 N–H and O–H groups in total. The Morgan fingerprint density at radius 3 is 2.93 bits per heavy atom. The fourth-order valence-electron chi connectivity index (χ4n) is 3.64. The number of pyridine rings is 2. The number of nitrogens with one attached hydrogen (secondary N) is 1. The van der Waals surface area contributed by atoms with E-state index in [2.05, 4.69) is 21.9 Å². The quantitative estimate of drug-likeness (QED) is 0.864. The summed E-state index contributed by atoms with van der Waals surface area (Å²) >= 11 is 0. The summed E-state index contributed by atoms with van der Waals surface area (Å²) in [4.78, 5) is 36.4. The average molecular weight is 393 g/mol. The molecule has 29 heavy (non-hydrogen) atoms. The van der Waals surface area contributed by atoms with Gasteiger partial charge in [-0.1, -0.05) is 12.6 Å². The number of hydrogen-bond acceptors (Lipinski definition) is 5. The molecule has 0 saturated heterocycles. The summed E-state index contributed by atoms with van der Waals surface area (Å²) in [6.45, 7) is 4.54. The van der Waals surface area contributed by atoms with Crippen LogP contribution in [0.15, 0.2) is 60.3 Å². The van der Waals surface area contributed by atoms with Crippen molar-refractivity contribution >= 4 is 17.6 Å². The third-order valence-electron chi connectivity index (χ3n) is 5.15. The molecule has 0 saturated carbocycles. The molecule has 8 heteroatoms. The van der Waals surface area contributed by atoms with Crippen molar-refractivity contribution in [2.75, 3.05) is 25.5 Å². The van der Waals surface area contributed by atoms with Crippen molar-refractivity contribution in [3.8, 4) is 11.1 Å². The standard InChI is InChI=1S/C21H20FN5O2/c1-13-15-6-4-8-27(20(15)21(29)26(13)2)12-19(28)25-18-9-17(22)16(11-24-18)14-5-3-7-23-10-14/h3,5,7,9-11H,1,4,6,8,12H2,2H3,(H,24,25,28). The largest absolute Gasteiger partial charge is 0.357 e. The zero-order valence-corrected chi connectivity index (χ0v) is 16.0. The number of anilines is 1. The van der Waals surface area contributed by atoms with Crippen molar-refractivity contribution < 1.29 is 14.0 Å². The fourth-order valence-corrected chi connectivity index (χ4v) is 3.64. The molecule has 0 spiro atoms. The monoisotopic (exact) mass is 393 g/mol. The second-order valence-corrected chi connectivity index (χ2v) is 7.00. The highest BCUT2D eigenvalue weighted by Crippen LogP contribution is 2.35. The van der Waals surface area contributed by atoms with Gasteiger partial charge in [-0.3, -0.25) is 14.6 Å². The van der Waals surface area contributed by atoms with Crippen LogP contribution in [0.4, 0.5) is 10.2 Å². The number of likely N-dealkylation sites (N-methyl/N-ethyl adjacent to an activating group) is 1. The number of hydrogen-bond donors (Lipinski definition) is 1. The van der Waals surface area contributed by atoms with Gasteiger partial charge in [0.25, 0.3) is 5.91 Å². The van der Waals surface area contributed by atoms with Crippen LogP contribution >= 0.6 is 0 Å². The molecule has 2 aromatic heterocycles. The Balaban J connectivity index is 1.47. The lowest BCUT2D eigenvalue weighted by Gasteiger charge is -2.28. The fraction of sp³-hybridized carbons (Fsp3) is 0.238. The Labute approximate surface area is 167 Å². The molecule has 0 unspecified atom stereocenters. The van der Waals surface area contributed by atoms with Crippen molar-refractivity contribution in [2.45, 2.75) is 12.8 Å². The average Bonchev–Trinajstić information content (AvgIpc) is 2.94. The molecule has 2 amide bonds. The van der Waals surface area contributed by atoms with Crippen LogP contribution in [0.1, 0.15) is 12.8 Å². The molecule has 2 aliphatic heterocycles. The van der Waals surface area contributed by atoms with E-state index in [0.717, 1.165) is 18.4 Å². The maximum atomic E-state index is 14.5. The summed E-state index contributed by atoms with van der Waals surface area (Å²) < 4.78 is 14.5. The van der Waals surface area contributed by atoms with Gasteiger partial charge in [0.15, 0.2) is 0 Å². The lowest BCUT2D eigenvalue weighted by atomic mass is 10.0. The highest BCUT2D eigenvalue weighted by Gasteiger charge is 2.37. The number of carbonyl (C=O) groups is 2. The zero-order valence-electron chi connectivity index (χ0n) is 16.0. The van der Waals surface area contributed by atoms with Crippen LogP contribution in [0.25, 0.3) is 11.1 Å². The Kier molecular flexibility index (Phi) is 4.84. The molecule has 148 valence electrons. The van der Waals surface area contributed by atoms with E-state index in [1.165, 1.54) is 17.2 Å². The van der Waals surface area contributed by atoms with Gasteiger partial charge in [0.2, 0.25) is 5.91 Å². The van der Waals surface area contributed by atoms with Crippen molar-refractivity contribution in [2.24, 2.45) is 0 Å². The molecule has 0 radical (unpaired) electrons. The summed E-state index contributed by atoms with van der Waals surface area (Å²) in [5, 5.41) is 2.61. The van der Waals surface area contributed by atoms with E-state index >= 15 is 0 Å². The maximum absolute atomic E-state index is 14.5. The summed E-state index contributed by atoms with van der Waals surface area (Å²) in [5.41, 5.74) is 3.02. The molecule has 4 rings (SSSR count). The zero-order chi connectivity index (χ0) is 20.5. The molecule has 0 bridgehead atoms. The van der Waals surface area contributed by atoms with E-state index < -0.39 is 5.82 Å². The highest BCUT2D eigenvalue weighted by molar-refractivity contribution is 6.01. The first-order valence-electron chi connectivity index (χ1n) is 9.27. The minimum atomic E-state index is -0.504. The lowest BCUT2D eigenvalue weighted by molar-refractivity contribution is -0.125. The van der Waals surface area contributed by atoms with Crippen LogP contribution in [-0.4, -0.2) is 51.7 Å². The van der Waals surface area contributed by atoms with Crippen molar-refractivity contribution in [1.82, 2.24) is 19.8 Å². The Morgan fingerprint density at radius 2 is 2.21 bits per heavy atom. The Morgan fingerprint density at radius 1 is 1.38 bits per heavy atom. The second-order valence-electron chi connectivity index (χ2n) is 7.00. The molecule has 2 aromatic rings. The number of allylic oxidation sites excluding steroid dienone is 1. The predicted molar refractivity (Wildman–Crippen MR) is 106 cm³/mol. The second kappa shape index (κ2) is 7.46. The Hall–Kier alpha value is -3.55. The van der Waals surface area contributed by atoms with Crippen LogP contribution in [-0.2, 0) is 9.59 Å². The first kappa shape index (κ1) is 18.8. The van der Waals surface area contributed by atoms with E-state index in [0.29, 0.717) is 29.1 Å². The van der Waals surface area contributed by atoms with Gasteiger partial charge in [-0.05, 0) is 18.9 Å². The molecule has 0 aromatic carbocycles. The number of rotatable bonds is 4. The van der Waals surface area contributed by atoms with E-state index in [9.17, 15) is 14.0 Å². The minimum absolute atomic E-state index is 0.0145. The lowest BCUT2D eigenvalue weighted by Crippen LogP contribution is -2.38. The SMILES string of the molecule is C=C1C2=C(C(=O)N1C)N(CC(=O)Nc1cc(F)c(-c3cccnc3)cn1)CCC2. The molecule has 7 nitrogen and oxygen atoms in total. The summed E-state index contributed by atoms with van der Waals surface area (Å²) in [6, 6.07) is 4.62. The van der Waals surface area contributed by atoms with Gasteiger partial charge in [0.05, 0.1) is 6.54 Å². The minimum Gasteiger partial charge on any atom is -0.357 e. The van der Waals surface area contributed by atoms with Gasteiger partial charge in [-0.2, -0.15) is 0 Å². The van der Waals surface area contributed by atoms with Gasteiger partial charge in [-0.25, -0.2) is 9.37 Å². The number of carbonyl (C=O) groups excluding carboxylic acids is 2. The van der Waals surface area contributed by atoms with Crippen molar-refractivity contribution in [1.29, 1.82) is 0 Å². The van der Waals surface area contributed by atoms with Crippen molar-refractivity contribution in [3.63, 3.8) is 0 Å².